The van der Waals surface area contributed by atoms with Crippen molar-refractivity contribution in [3.05, 3.63) is 40.2 Å². The lowest BCUT2D eigenvalue weighted by Crippen LogP contribution is -2.20. The van der Waals surface area contributed by atoms with E-state index < -0.39 is 10.9 Å². The molecule has 2 aromatic rings. The predicted octanol–water partition coefficient (Wildman–Crippen LogP) is 1.73. The molecule has 3 rings (SSSR count). The first-order valence-corrected chi connectivity index (χ1v) is 7.72. The van der Waals surface area contributed by atoms with E-state index in [9.17, 15) is 14.9 Å². The quantitative estimate of drug-likeness (QED) is 0.661. The molecule has 0 unspecified atom stereocenters. The highest BCUT2D eigenvalue weighted by Gasteiger charge is 2.16. The maximum Gasteiger partial charge on any atom is 0.490 e. The molecule has 1 fully saturated rings. The molecular formula is C15H18N6O3. The molecular weight excluding hydrogens is 312 g/mol. The van der Waals surface area contributed by atoms with Gasteiger partial charge in [0.25, 0.3) is 0 Å². The van der Waals surface area contributed by atoms with E-state index in [0.717, 1.165) is 34.7 Å². The number of nitrogens with zero attached hydrogens (tertiary/aromatic N) is 5. The van der Waals surface area contributed by atoms with Gasteiger partial charge in [0.2, 0.25) is 12.2 Å². The summed E-state index contributed by atoms with van der Waals surface area (Å²) in [5.74, 6) is -0.833. The zero-order chi connectivity index (χ0) is 17.1. The van der Waals surface area contributed by atoms with Crippen LogP contribution in [0, 0.1) is 17.0 Å². The van der Waals surface area contributed by atoms with Crippen LogP contribution in [0.4, 0.5) is 17.3 Å². The molecule has 126 valence electrons. The second-order valence-electron chi connectivity index (χ2n) is 5.74. The molecule has 0 atom stereocenters. The Morgan fingerprint density at radius 1 is 1.38 bits per heavy atom. The standard InChI is InChI=1S/C15H18N6O3/c1-11-8-12(19-6-2-3-7-19)4-5-13(11)17-14(22)9-20-10-16-15(18-20)21(23)24/h4-5,8,10H,2-3,6-7,9H2,1H3,(H,17,22). The van der Waals surface area contributed by atoms with Crippen molar-refractivity contribution in [2.45, 2.75) is 26.3 Å². The Morgan fingerprint density at radius 2 is 2.12 bits per heavy atom. The number of nitro groups is 1. The van der Waals surface area contributed by atoms with Crippen LogP contribution in [0.3, 0.4) is 0 Å². The molecule has 9 nitrogen and oxygen atoms in total. The van der Waals surface area contributed by atoms with Crippen molar-refractivity contribution >= 4 is 23.2 Å². The van der Waals surface area contributed by atoms with Gasteiger partial charge in [-0.2, -0.15) is 4.68 Å². The van der Waals surface area contributed by atoms with Crippen molar-refractivity contribution in [2.75, 3.05) is 23.3 Å². The molecule has 0 saturated carbocycles. The first kappa shape index (κ1) is 15.9. The highest BCUT2D eigenvalue weighted by Crippen LogP contribution is 2.25. The summed E-state index contributed by atoms with van der Waals surface area (Å²) in [6.07, 6.45) is 3.59. The molecule has 0 spiro atoms. The monoisotopic (exact) mass is 330 g/mol. The fourth-order valence-electron chi connectivity index (χ4n) is 2.74. The molecule has 1 aromatic carbocycles. The van der Waals surface area contributed by atoms with Crippen molar-refractivity contribution in [1.82, 2.24) is 14.8 Å². The topological polar surface area (TPSA) is 106 Å². The summed E-state index contributed by atoms with van der Waals surface area (Å²) in [4.78, 5) is 27.8. The Bertz CT molecular complexity index is 766. The number of carbonyl (C=O) groups is 1. The molecule has 2 heterocycles. The van der Waals surface area contributed by atoms with Crippen LogP contribution >= 0.6 is 0 Å². The van der Waals surface area contributed by atoms with Crippen molar-refractivity contribution in [3.8, 4) is 0 Å². The van der Waals surface area contributed by atoms with E-state index in [4.69, 9.17) is 0 Å². The molecule has 0 aliphatic carbocycles. The Balaban J connectivity index is 1.64. The summed E-state index contributed by atoms with van der Waals surface area (Å²) in [6, 6.07) is 5.93. The van der Waals surface area contributed by atoms with Crippen LogP contribution in [-0.2, 0) is 11.3 Å². The van der Waals surface area contributed by atoms with E-state index in [1.54, 1.807) is 0 Å². The molecule has 24 heavy (non-hydrogen) atoms. The van der Waals surface area contributed by atoms with Crippen molar-refractivity contribution in [1.29, 1.82) is 0 Å². The summed E-state index contributed by atoms with van der Waals surface area (Å²) < 4.78 is 1.14. The Morgan fingerprint density at radius 3 is 2.75 bits per heavy atom. The van der Waals surface area contributed by atoms with E-state index in [2.05, 4.69) is 26.4 Å². The van der Waals surface area contributed by atoms with Gasteiger partial charge in [0.05, 0.1) is 0 Å². The molecule has 1 amide bonds. The van der Waals surface area contributed by atoms with E-state index in [0.29, 0.717) is 0 Å². The zero-order valence-electron chi connectivity index (χ0n) is 13.3. The molecule has 0 bridgehead atoms. The highest BCUT2D eigenvalue weighted by molar-refractivity contribution is 5.91. The van der Waals surface area contributed by atoms with Gasteiger partial charge in [-0.1, -0.05) is 4.98 Å². The minimum atomic E-state index is -0.699. The number of hydrogen-bond acceptors (Lipinski definition) is 6. The van der Waals surface area contributed by atoms with E-state index >= 15 is 0 Å². The molecule has 1 aliphatic heterocycles. The number of rotatable bonds is 5. The van der Waals surface area contributed by atoms with Crippen LogP contribution in [0.25, 0.3) is 0 Å². The molecule has 0 radical (unpaired) electrons. The lowest BCUT2D eigenvalue weighted by atomic mass is 10.1. The number of nitrogens with one attached hydrogen (secondary N) is 1. The SMILES string of the molecule is Cc1cc(N2CCCC2)ccc1NC(=O)Cn1cnc([N+](=O)[O-])n1. The molecule has 1 saturated heterocycles. The van der Waals surface area contributed by atoms with Gasteiger partial charge >= 0.3 is 5.95 Å². The molecule has 9 heteroatoms. The maximum absolute atomic E-state index is 12.1. The van der Waals surface area contributed by atoms with Crippen LogP contribution < -0.4 is 10.2 Å². The first-order chi connectivity index (χ1) is 11.5. The van der Waals surface area contributed by atoms with Gasteiger partial charge in [-0.05, 0) is 48.5 Å². The van der Waals surface area contributed by atoms with Gasteiger partial charge in [0.15, 0.2) is 0 Å². The summed E-state index contributed by atoms with van der Waals surface area (Å²) in [5.41, 5.74) is 2.85. The van der Waals surface area contributed by atoms with Gasteiger partial charge in [-0.25, -0.2) is 0 Å². The average molecular weight is 330 g/mol. The molecule has 1 aromatic heterocycles. The number of amides is 1. The lowest BCUT2D eigenvalue weighted by Gasteiger charge is -2.19. The van der Waals surface area contributed by atoms with Crippen LogP contribution in [0.15, 0.2) is 24.5 Å². The minimum Gasteiger partial charge on any atom is -0.390 e. The number of anilines is 2. The normalized spacial score (nSPS) is 14.0. The van der Waals surface area contributed by atoms with E-state index in [1.807, 2.05) is 19.1 Å². The van der Waals surface area contributed by atoms with Crippen molar-refractivity contribution in [3.63, 3.8) is 0 Å². The average Bonchev–Trinajstić information content (AvgIpc) is 3.20. The van der Waals surface area contributed by atoms with Crippen molar-refractivity contribution in [2.24, 2.45) is 0 Å². The van der Waals surface area contributed by atoms with Gasteiger partial charge < -0.3 is 20.3 Å². The van der Waals surface area contributed by atoms with Gasteiger partial charge in [-0.3, -0.25) is 4.79 Å². The number of aromatic nitrogens is 3. The van der Waals surface area contributed by atoms with Crippen LogP contribution in [0.5, 0.6) is 0 Å². The summed E-state index contributed by atoms with van der Waals surface area (Å²) in [5, 5.41) is 17.0. The van der Waals surface area contributed by atoms with E-state index in [-0.39, 0.29) is 12.5 Å². The van der Waals surface area contributed by atoms with Crippen LogP contribution in [0.2, 0.25) is 0 Å². The summed E-state index contributed by atoms with van der Waals surface area (Å²) in [7, 11) is 0. The minimum absolute atomic E-state index is 0.131. The van der Waals surface area contributed by atoms with Gasteiger partial charge in [0, 0.05) is 29.6 Å². The van der Waals surface area contributed by atoms with Gasteiger partial charge in [-0.15, -0.1) is 0 Å². The van der Waals surface area contributed by atoms with Crippen LogP contribution in [-0.4, -0.2) is 38.7 Å². The second kappa shape index (κ2) is 6.65. The van der Waals surface area contributed by atoms with Crippen molar-refractivity contribution < 1.29 is 9.72 Å². The fraction of sp³-hybridized carbons (Fsp3) is 0.400. The molecule has 1 aliphatic rings. The number of benzene rings is 1. The zero-order valence-corrected chi connectivity index (χ0v) is 13.3. The molecule has 1 N–H and O–H groups in total. The Hall–Kier alpha value is -2.97. The summed E-state index contributed by atoms with van der Waals surface area (Å²) in [6.45, 7) is 3.94. The highest BCUT2D eigenvalue weighted by atomic mass is 16.6. The Labute approximate surface area is 138 Å². The third kappa shape index (κ3) is 3.50. The first-order valence-electron chi connectivity index (χ1n) is 7.72. The number of carbonyl (C=O) groups excluding carboxylic acids is 1. The maximum atomic E-state index is 12.1. The van der Waals surface area contributed by atoms with Gasteiger partial charge in [0.1, 0.15) is 6.54 Å². The third-order valence-electron chi connectivity index (χ3n) is 3.95. The smallest absolute Gasteiger partial charge is 0.390 e. The number of hydrogen-bond donors (Lipinski definition) is 1. The predicted molar refractivity (Wildman–Crippen MR) is 87.9 cm³/mol. The van der Waals surface area contributed by atoms with E-state index in [1.165, 1.54) is 19.2 Å². The largest absolute Gasteiger partial charge is 0.490 e. The third-order valence-corrected chi connectivity index (χ3v) is 3.95. The lowest BCUT2D eigenvalue weighted by molar-refractivity contribution is -0.394. The second-order valence-corrected chi connectivity index (χ2v) is 5.74. The Kier molecular flexibility index (Phi) is 4.41. The number of aryl methyl sites for hydroxylation is 1. The summed E-state index contributed by atoms with van der Waals surface area (Å²) >= 11 is 0. The fourth-order valence-corrected chi connectivity index (χ4v) is 2.74. The van der Waals surface area contributed by atoms with Crippen LogP contribution in [0.1, 0.15) is 18.4 Å².